The molecule has 1 saturated heterocycles. The Bertz CT molecular complexity index is 1490. The first-order valence-electron chi connectivity index (χ1n) is 12.6. The highest BCUT2D eigenvalue weighted by Crippen LogP contribution is 2.24. The second-order valence-corrected chi connectivity index (χ2v) is 9.19. The molecule has 0 atom stereocenters. The van der Waals surface area contributed by atoms with Crippen molar-refractivity contribution in [3.63, 3.8) is 0 Å². The maximum Gasteiger partial charge on any atom is 0.140 e. The van der Waals surface area contributed by atoms with Crippen molar-refractivity contribution in [2.45, 2.75) is 19.4 Å². The predicted molar refractivity (Wildman–Crippen MR) is 141 cm³/mol. The van der Waals surface area contributed by atoms with E-state index >= 15 is 0 Å². The minimum atomic E-state index is 0.642. The average Bonchev–Trinajstić information content (AvgIpc) is 3.53. The van der Waals surface area contributed by atoms with Crippen molar-refractivity contribution in [3.8, 4) is 28.4 Å². The van der Waals surface area contributed by atoms with Gasteiger partial charge >= 0.3 is 0 Å². The molecule has 0 unspecified atom stereocenters. The number of ether oxygens (including phenoxy) is 1. The van der Waals surface area contributed by atoms with Crippen LogP contribution in [-0.2, 0) is 13.6 Å². The molecule has 10 heteroatoms. The molecule has 0 spiro atoms. The molecule has 10 nitrogen and oxygen atoms in total. The van der Waals surface area contributed by atoms with Gasteiger partial charge in [-0.15, -0.1) is 0 Å². The van der Waals surface area contributed by atoms with Gasteiger partial charge in [0.05, 0.1) is 30.4 Å². The van der Waals surface area contributed by atoms with Gasteiger partial charge in [0.15, 0.2) is 0 Å². The van der Waals surface area contributed by atoms with Crippen molar-refractivity contribution in [2.75, 3.05) is 31.6 Å². The molecule has 1 aromatic carbocycles. The Hall–Kier alpha value is -4.31. The smallest absolute Gasteiger partial charge is 0.140 e. The number of imidazole rings is 1. The van der Waals surface area contributed by atoms with Crippen LogP contribution in [-0.4, -0.2) is 65.5 Å². The summed E-state index contributed by atoms with van der Waals surface area (Å²) in [7, 11) is 1.81. The number of rotatable bonds is 10. The summed E-state index contributed by atoms with van der Waals surface area (Å²) in [6.45, 7) is 4.91. The van der Waals surface area contributed by atoms with Gasteiger partial charge < -0.3 is 15.0 Å². The van der Waals surface area contributed by atoms with Gasteiger partial charge in [-0.3, -0.25) is 4.40 Å². The van der Waals surface area contributed by atoms with Crippen molar-refractivity contribution < 1.29 is 4.74 Å². The Balaban J connectivity index is 1.09. The number of hydrogen-bond acceptors (Lipinski definition) is 8. The first-order chi connectivity index (χ1) is 18.2. The van der Waals surface area contributed by atoms with E-state index < -0.39 is 0 Å². The summed E-state index contributed by atoms with van der Waals surface area (Å²) in [5.74, 6) is 1.59. The van der Waals surface area contributed by atoms with Gasteiger partial charge in [0.25, 0.3) is 0 Å². The van der Waals surface area contributed by atoms with E-state index in [4.69, 9.17) is 4.74 Å². The van der Waals surface area contributed by atoms with Crippen LogP contribution in [0.2, 0.25) is 0 Å². The average molecular weight is 496 g/mol. The zero-order valence-electron chi connectivity index (χ0n) is 20.8. The number of aryl methyl sites for hydroxylation is 1. The van der Waals surface area contributed by atoms with Crippen molar-refractivity contribution >= 4 is 11.5 Å². The minimum Gasteiger partial charge on any atom is -0.493 e. The standard InChI is InChI=1S/C27H29N9O/c1-34-32-17-24(33-34)21-6-4-20(5-7-21)16-28-26-15-23(30-19-31-26)25-18-29-27-14-22(8-12-36(25)27)37-13-3-11-35-9-2-10-35/h4-8,12,14-15,17-19H,2-3,9-11,13,16H2,1H3,(H,28,30,31). The fourth-order valence-corrected chi connectivity index (χ4v) is 4.38. The third-order valence-corrected chi connectivity index (χ3v) is 6.57. The van der Waals surface area contributed by atoms with E-state index in [1.807, 2.05) is 42.0 Å². The molecule has 5 aromatic rings. The monoisotopic (exact) mass is 495 g/mol. The number of anilines is 1. The normalized spacial score (nSPS) is 13.5. The quantitative estimate of drug-likeness (QED) is 0.293. The molecule has 37 heavy (non-hydrogen) atoms. The first kappa shape index (κ1) is 23.1. The van der Waals surface area contributed by atoms with Crippen LogP contribution in [0.4, 0.5) is 5.82 Å². The highest BCUT2D eigenvalue weighted by molar-refractivity contribution is 5.63. The number of benzene rings is 1. The zero-order chi connectivity index (χ0) is 25.0. The van der Waals surface area contributed by atoms with E-state index in [0.29, 0.717) is 13.2 Å². The summed E-state index contributed by atoms with van der Waals surface area (Å²) in [5, 5.41) is 11.9. The van der Waals surface area contributed by atoms with Crippen LogP contribution in [0.15, 0.2) is 67.4 Å². The van der Waals surface area contributed by atoms with Crippen LogP contribution < -0.4 is 10.1 Å². The number of fused-ring (bicyclic) bond motifs is 1. The molecule has 4 aromatic heterocycles. The van der Waals surface area contributed by atoms with Crippen LogP contribution in [0, 0.1) is 0 Å². The molecule has 1 aliphatic rings. The van der Waals surface area contributed by atoms with Crippen LogP contribution in [0.1, 0.15) is 18.4 Å². The molecule has 1 N–H and O–H groups in total. The number of likely N-dealkylation sites (tertiary alicyclic amines) is 1. The molecule has 1 aliphatic heterocycles. The van der Waals surface area contributed by atoms with Crippen LogP contribution in [0.25, 0.3) is 28.3 Å². The van der Waals surface area contributed by atoms with Crippen molar-refractivity contribution in [1.82, 2.24) is 39.2 Å². The largest absolute Gasteiger partial charge is 0.493 e. The SMILES string of the molecule is Cn1ncc(-c2ccc(CNc3cc(-c4cnc5cc(OCCCN6CCC6)ccn45)ncn3)cc2)n1. The third-order valence-electron chi connectivity index (χ3n) is 6.57. The Morgan fingerprint density at radius 3 is 2.65 bits per heavy atom. The first-order valence-corrected chi connectivity index (χ1v) is 12.6. The maximum absolute atomic E-state index is 5.95. The molecule has 0 aliphatic carbocycles. The Morgan fingerprint density at radius 1 is 0.973 bits per heavy atom. The Labute approximate surface area is 215 Å². The van der Waals surface area contributed by atoms with Crippen molar-refractivity contribution in [2.24, 2.45) is 7.05 Å². The molecule has 188 valence electrons. The molecule has 0 bridgehead atoms. The lowest BCUT2D eigenvalue weighted by Crippen LogP contribution is -2.38. The fourth-order valence-electron chi connectivity index (χ4n) is 4.38. The molecule has 5 heterocycles. The third kappa shape index (κ3) is 5.29. The molecule has 0 saturated carbocycles. The van der Waals surface area contributed by atoms with Gasteiger partial charge in [0.2, 0.25) is 0 Å². The number of pyridine rings is 1. The molecular formula is C27H29N9O. The van der Waals surface area contributed by atoms with Gasteiger partial charge in [0.1, 0.15) is 29.2 Å². The molecule has 6 rings (SSSR count). The van der Waals surface area contributed by atoms with Crippen LogP contribution >= 0.6 is 0 Å². The van der Waals surface area contributed by atoms with Crippen molar-refractivity contribution in [3.05, 3.63) is 72.9 Å². The maximum atomic E-state index is 5.95. The number of aromatic nitrogens is 7. The van der Waals surface area contributed by atoms with E-state index in [1.165, 1.54) is 19.5 Å². The summed E-state index contributed by atoms with van der Waals surface area (Å²) in [5.41, 5.74) is 5.56. The zero-order valence-corrected chi connectivity index (χ0v) is 20.8. The summed E-state index contributed by atoms with van der Waals surface area (Å²) in [6.07, 6.45) is 9.51. The lowest BCUT2D eigenvalue weighted by molar-refractivity contribution is 0.165. The van der Waals surface area contributed by atoms with E-state index in [1.54, 1.807) is 17.3 Å². The molecular weight excluding hydrogens is 466 g/mol. The molecule has 0 radical (unpaired) electrons. The summed E-state index contributed by atoms with van der Waals surface area (Å²) >= 11 is 0. The van der Waals surface area contributed by atoms with Gasteiger partial charge in [-0.1, -0.05) is 24.3 Å². The lowest BCUT2D eigenvalue weighted by Gasteiger charge is -2.30. The van der Waals surface area contributed by atoms with Crippen LogP contribution in [0.5, 0.6) is 5.75 Å². The minimum absolute atomic E-state index is 0.642. The number of hydrogen-bond donors (Lipinski definition) is 1. The van der Waals surface area contributed by atoms with Crippen LogP contribution in [0.3, 0.4) is 0 Å². The number of nitrogens with zero attached hydrogens (tertiary/aromatic N) is 8. The van der Waals surface area contributed by atoms with Crippen molar-refractivity contribution in [1.29, 1.82) is 0 Å². The highest BCUT2D eigenvalue weighted by Gasteiger charge is 2.13. The molecule has 0 amide bonds. The number of nitrogens with one attached hydrogen (secondary N) is 1. The lowest BCUT2D eigenvalue weighted by atomic mass is 10.1. The summed E-state index contributed by atoms with van der Waals surface area (Å²) < 4.78 is 7.97. The van der Waals surface area contributed by atoms with E-state index in [2.05, 4.69) is 59.6 Å². The van der Waals surface area contributed by atoms with Gasteiger partial charge in [-0.25, -0.2) is 15.0 Å². The predicted octanol–water partition coefficient (Wildman–Crippen LogP) is 3.67. The summed E-state index contributed by atoms with van der Waals surface area (Å²) in [4.78, 5) is 17.5. The van der Waals surface area contributed by atoms with Gasteiger partial charge in [0, 0.05) is 44.0 Å². The highest BCUT2D eigenvalue weighted by atomic mass is 16.5. The van der Waals surface area contributed by atoms with E-state index in [0.717, 1.165) is 58.4 Å². The van der Waals surface area contributed by atoms with E-state index in [9.17, 15) is 0 Å². The van der Waals surface area contributed by atoms with Gasteiger partial charge in [-0.2, -0.15) is 15.0 Å². The summed E-state index contributed by atoms with van der Waals surface area (Å²) in [6, 6.07) is 14.1. The topological polar surface area (TPSA) is 98.3 Å². The van der Waals surface area contributed by atoms with Gasteiger partial charge in [-0.05, 0) is 37.6 Å². The fraction of sp³-hybridized carbons (Fsp3) is 0.296. The molecule has 1 fully saturated rings. The Kier molecular flexibility index (Phi) is 6.47. The Morgan fingerprint density at radius 2 is 1.86 bits per heavy atom. The second kappa shape index (κ2) is 10.4. The second-order valence-electron chi connectivity index (χ2n) is 9.19. The van der Waals surface area contributed by atoms with E-state index in [-0.39, 0.29) is 0 Å².